The molecule has 1 fully saturated rings. The average Bonchev–Trinajstić information content (AvgIpc) is 3.05. The lowest BCUT2D eigenvalue weighted by Crippen LogP contribution is -2.15. The number of carbonyl (C=O) groups is 1. The van der Waals surface area contributed by atoms with E-state index in [4.69, 9.17) is 5.73 Å². The second-order valence-electron chi connectivity index (χ2n) is 5.06. The van der Waals surface area contributed by atoms with E-state index in [1.54, 1.807) is 18.5 Å². The Hall–Kier alpha value is -2.37. The molecule has 1 aliphatic rings. The molecule has 6 nitrogen and oxygen atoms in total. The van der Waals surface area contributed by atoms with Gasteiger partial charge in [0.25, 0.3) is 0 Å². The van der Waals surface area contributed by atoms with Gasteiger partial charge in [0, 0.05) is 23.9 Å². The van der Waals surface area contributed by atoms with E-state index in [1.165, 1.54) is 31.8 Å². The Morgan fingerprint density at radius 3 is 3.00 bits per heavy atom. The Kier molecular flexibility index (Phi) is 3.37. The standard InChI is InChI=1S/C14H17N5O/c15-11(20)6-5-9-7-16-14-13(9)19-12(8-17-14)18-10-3-1-2-4-10/h5-8,10H,1-4H2,(H2,15,20)(H,16,17)(H,18,19). The van der Waals surface area contributed by atoms with Crippen molar-refractivity contribution in [3.05, 3.63) is 24.0 Å². The topological polar surface area (TPSA) is 96.7 Å². The van der Waals surface area contributed by atoms with Crippen LogP contribution in [-0.4, -0.2) is 26.9 Å². The van der Waals surface area contributed by atoms with Gasteiger partial charge in [0.1, 0.15) is 11.3 Å². The molecule has 1 saturated carbocycles. The molecular weight excluding hydrogens is 254 g/mol. The van der Waals surface area contributed by atoms with Crippen molar-refractivity contribution in [1.82, 2.24) is 15.0 Å². The minimum absolute atomic E-state index is 0.479. The maximum Gasteiger partial charge on any atom is 0.241 e. The van der Waals surface area contributed by atoms with Crippen LogP contribution in [0, 0.1) is 0 Å². The number of aromatic nitrogens is 3. The molecule has 0 aromatic carbocycles. The molecule has 2 heterocycles. The quantitative estimate of drug-likeness (QED) is 0.739. The van der Waals surface area contributed by atoms with Gasteiger partial charge in [0.15, 0.2) is 5.65 Å². The van der Waals surface area contributed by atoms with Crippen LogP contribution in [0.2, 0.25) is 0 Å². The summed E-state index contributed by atoms with van der Waals surface area (Å²) in [6.45, 7) is 0. The summed E-state index contributed by atoms with van der Waals surface area (Å²) < 4.78 is 0. The molecule has 0 aliphatic heterocycles. The smallest absolute Gasteiger partial charge is 0.241 e. The molecule has 0 unspecified atom stereocenters. The molecule has 4 N–H and O–H groups in total. The van der Waals surface area contributed by atoms with Crippen LogP contribution < -0.4 is 11.1 Å². The first-order chi connectivity index (χ1) is 9.72. The van der Waals surface area contributed by atoms with E-state index in [0.29, 0.717) is 11.7 Å². The Morgan fingerprint density at radius 2 is 2.25 bits per heavy atom. The van der Waals surface area contributed by atoms with Crippen molar-refractivity contribution in [1.29, 1.82) is 0 Å². The molecule has 0 radical (unpaired) electrons. The predicted octanol–water partition coefficient (Wildman–Crippen LogP) is 1.81. The lowest BCUT2D eigenvalue weighted by Gasteiger charge is -2.11. The molecule has 6 heteroatoms. The van der Waals surface area contributed by atoms with E-state index in [0.717, 1.165) is 16.9 Å². The molecular formula is C14H17N5O. The number of carbonyl (C=O) groups excluding carboxylic acids is 1. The van der Waals surface area contributed by atoms with E-state index in [-0.39, 0.29) is 0 Å². The Balaban J connectivity index is 1.88. The molecule has 3 rings (SSSR count). The fraction of sp³-hybridized carbons (Fsp3) is 0.357. The number of nitrogens with one attached hydrogen (secondary N) is 2. The van der Waals surface area contributed by atoms with Crippen molar-refractivity contribution < 1.29 is 4.79 Å². The second-order valence-corrected chi connectivity index (χ2v) is 5.06. The first kappa shape index (κ1) is 12.7. The summed E-state index contributed by atoms with van der Waals surface area (Å²) in [4.78, 5) is 22.7. The molecule has 1 amide bonds. The van der Waals surface area contributed by atoms with Crippen LogP contribution in [0.4, 0.5) is 5.82 Å². The van der Waals surface area contributed by atoms with Crippen molar-refractivity contribution in [2.45, 2.75) is 31.7 Å². The molecule has 104 valence electrons. The van der Waals surface area contributed by atoms with E-state index in [1.807, 2.05) is 0 Å². The highest BCUT2D eigenvalue weighted by atomic mass is 16.1. The highest BCUT2D eigenvalue weighted by Crippen LogP contribution is 2.23. The van der Waals surface area contributed by atoms with Gasteiger partial charge >= 0.3 is 0 Å². The summed E-state index contributed by atoms with van der Waals surface area (Å²) in [6, 6.07) is 0.491. The number of nitrogens with zero attached hydrogens (tertiary/aromatic N) is 2. The molecule has 2 aromatic heterocycles. The van der Waals surface area contributed by atoms with Crippen LogP contribution in [0.25, 0.3) is 17.2 Å². The summed E-state index contributed by atoms with van der Waals surface area (Å²) in [6.07, 6.45) is 11.4. The fourth-order valence-corrected chi connectivity index (χ4v) is 2.56. The van der Waals surface area contributed by atoms with Crippen molar-refractivity contribution in [3.8, 4) is 0 Å². The summed E-state index contributed by atoms with van der Waals surface area (Å²) in [7, 11) is 0. The zero-order chi connectivity index (χ0) is 13.9. The number of primary amides is 1. The number of amides is 1. The van der Waals surface area contributed by atoms with Gasteiger partial charge in [0.2, 0.25) is 5.91 Å². The first-order valence-corrected chi connectivity index (χ1v) is 6.80. The van der Waals surface area contributed by atoms with Crippen LogP contribution in [0.15, 0.2) is 18.5 Å². The normalized spacial score (nSPS) is 16.2. The van der Waals surface area contributed by atoms with Crippen molar-refractivity contribution in [3.63, 3.8) is 0 Å². The van der Waals surface area contributed by atoms with Gasteiger partial charge in [0.05, 0.1) is 6.20 Å². The van der Waals surface area contributed by atoms with Crippen LogP contribution >= 0.6 is 0 Å². The van der Waals surface area contributed by atoms with Gasteiger partial charge in [-0.1, -0.05) is 12.8 Å². The number of nitrogens with two attached hydrogens (primary N) is 1. The number of hydrogen-bond donors (Lipinski definition) is 3. The predicted molar refractivity (Wildman–Crippen MR) is 78.0 cm³/mol. The monoisotopic (exact) mass is 271 g/mol. The number of H-pyrrole nitrogens is 1. The van der Waals surface area contributed by atoms with E-state index in [9.17, 15) is 4.79 Å². The first-order valence-electron chi connectivity index (χ1n) is 6.80. The summed E-state index contributed by atoms with van der Waals surface area (Å²) in [5.41, 5.74) is 7.36. The van der Waals surface area contributed by atoms with Crippen molar-refractivity contribution in [2.75, 3.05) is 5.32 Å². The van der Waals surface area contributed by atoms with Crippen LogP contribution in [0.3, 0.4) is 0 Å². The number of hydrogen-bond acceptors (Lipinski definition) is 4. The minimum Gasteiger partial charge on any atom is -0.366 e. The third-order valence-electron chi connectivity index (χ3n) is 3.54. The van der Waals surface area contributed by atoms with Gasteiger partial charge in [-0.3, -0.25) is 4.79 Å². The fourth-order valence-electron chi connectivity index (χ4n) is 2.56. The minimum atomic E-state index is -0.479. The van der Waals surface area contributed by atoms with Gasteiger partial charge in [-0.05, 0) is 18.9 Å². The third kappa shape index (κ3) is 2.64. The lowest BCUT2D eigenvalue weighted by atomic mass is 10.2. The molecule has 20 heavy (non-hydrogen) atoms. The highest BCUT2D eigenvalue weighted by Gasteiger charge is 2.15. The zero-order valence-electron chi connectivity index (χ0n) is 11.1. The van der Waals surface area contributed by atoms with Gasteiger partial charge in [-0.2, -0.15) is 0 Å². The molecule has 2 aromatic rings. The largest absolute Gasteiger partial charge is 0.366 e. The zero-order valence-corrected chi connectivity index (χ0v) is 11.1. The molecule has 1 aliphatic carbocycles. The lowest BCUT2D eigenvalue weighted by molar-refractivity contribution is -0.113. The number of aromatic amines is 1. The van der Waals surface area contributed by atoms with Gasteiger partial charge in [-0.15, -0.1) is 0 Å². The summed E-state index contributed by atoms with van der Waals surface area (Å²) in [5.74, 6) is 0.297. The second kappa shape index (κ2) is 5.32. The number of rotatable bonds is 4. The summed E-state index contributed by atoms with van der Waals surface area (Å²) >= 11 is 0. The van der Waals surface area contributed by atoms with E-state index < -0.39 is 5.91 Å². The van der Waals surface area contributed by atoms with Crippen LogP contribution in [0.5, 0.6) is 0 Å². The molecule has 0 saturated heterocycles. The maximum absolute atomic E-state index is 10.8. The van der Waals surface area contributed by atoms with Crippen molar-refractivity contribution >= 4 is 29.0 Å². The van der Waals surface area contributed by atoms with Crippen LogP contribution in [-0.2, 0) is 4.79 Å². The highest BCUT2D eigenvalue weighted by molar-refractivity contribution is 5.93. The molecule has 0 atom stereocenters. The Labute approximate surface area is 116 Å². The SMILES string of the molecule is NC(=O)C=Cc1c[nH]c2ncc(NC3CCCC3)nc12. The third-order valence-corrected chi connectivity index (χ3v) is 3.54. The van der Waals surface area contributed by atoms with E-state index in [2.05, 4.69) is 20.3 Å². The molecule has 0 bridgehead atoms. The number of fused-ring (bicyclic) bond motifs is 1. The van der Waals surface area contributed by atoms with Gasteiger partial charge < -0.3 is 16.0 Å². The number of anilines is 1. The van der Waals surface area contributed by atoms with E-state index >= 15 is 0 Å². The maximum atomic E-state index is 10.8. The van der Waals surface area contributed by atoms with Gasteiger partial charge in [-0.25, -0.2) is 9.97 Å². The Morgan fingerprint density at radius 1 is 1.45 bits per heavy atom. The van der Waals surface area contributed by atoms with Crippen molar-refractivity contribution in [2.24, 2.45) is 5.73 Å². The van der Waals surface area contributed by atoms with Crippen LogP contribution in [0.1, 0.15) is 31.2 Å². The Bertz CT molecular complexity index is 655. The average molecular weight is 271 g/mol. The summed E-state index contributed by atoms with van der Waals surface area (Å²) in [5, 5.41) is 3.41. The molecule has 0 spiro atoms.